The van der Waals surface area contributed by atoms with Crippen molar-refractivity contribution in [3.8, 4) is 0 Å². The largest absolute Gasteiger partial charge is 0.376 e. The Morgan fingerprint density at radius 1 is 1.38 bits per heavy atom. The predicted octanol–water partition coefficient (Wildman–Crippen LogP) is 2.76. The van der Waals surface area contributed by atoms with Crippen LogP contribution in [0.2, 0.25) is 0 Å². The number of rotatable bonds is 5. The van der Waals surface area contributed by atoms with Crippen LogP contribution in [0.5, 0.6) is 0 Å². The second-order valence-electron chi connectivity index (χ2n) is 5.50. The van der Waals surface area contributed by atoms with Crippen LogP contribution in [0.1, 0.15) is 29.5 Å². The van der Waals surface area contributed by atoms with Crippen molar-refractivity contribution in [3.63, 3.8) is 0 Å². The number of hydrogen-bond donors (Lipinski definition) is 0. The zero-order valence-electron chi connectivity index (χ0n) is 12.5. The number of ether oxygens (including phenoxy) is 1. The zero-order valence-corrected chi connectivity index (χ0v) is 13.3. The summed E-state index contributed by atoms with van der Waals surface area (Å²) >= 11 is 1.68. The molecule has 2 heterocycles. The highest BCUT2D eigenvalue weighted by atomic mass is 32.2. The molecule has 0 bridgehead atoms. The molecule has 1 aromatic carbocycles. The number of nitrogens with zero attached hydrogens (tertiary/aromatic N) is 4. The van der Waals surface area contributed by atoms with Gasteiger partial charge in [-0.2, -0.15) is 0 Å². The molecule has 112 valence electrons. The van der Waals surface area contributed by atoms with E-state index in [0.717, 1.165) is 36.9 Å². The molecule has 0 aliphatic carbocycles. The molecule has 0 amide bonds. The summed E-state index contributed by atoms with van der Waals surface area (Å²) in [7, 11) is 0. The van der Waals surface area contributed by atoms with Gasteiger partial charge in [0.25, 0.3) is 0 Å². The molecule has 1 unspecified atom stereocenters. The molecule has 21 heavy (non-hydrogen) atoms. The van der Waals surface area contributed by atoms with Crippen LogP contribution in [0, 0.1) is 13.8 Å². The van der Waals surface area contributed by atoms with Crippen LogP contribution in [-0.4, -0.2) is 32.9 Å². The van der Waals surface area contributed by atoms with E-state index in [4.69, 9.17) is 4.74 Å². The van der Waals surface area contributed by atoms with Crippen LogP contribution < -0.4 is 0 Å². The lowest BCUT2D eigenvalue weighted by atomic mass is 10.1. The Bertz CT molecular complexity index is 607. The Hall–Kier alpha value is -1.40. The molecule has 1 atom stereocenters. The minimum atomic E-state index is 0.258. The summed E-state index contributed by atoms with van der Waals surface area (Å²) in [5, 5.41) is 12.9. The van der Waals surface area contributed by atoms with Gasteiger partial charge in [-0.15, -0.1) is 5.10 Å². The maximum Gasteiger partial charge on any atom is 0.209 e. The van der Waals surface area contributed by atoms with E-state index in [9.17, 15) is 0 Å². The maximum absolute atomic E-state index is 5.65. The highest BCUT2D eigenvalue weighted by Crippen LogP contribution is 2.24. The first-order valence-electron chi connectivity index (χ1n) is 7.29. The molecule has 0 saturated carbocycles. The third kappa shape index (κ3) is 3.63. The summed E-state index contributed by atoms with van der Waals surface area (Å²) < 4.78 is 7.52. The first-order valence-corrected chi connectivity index (χ1v) is 8.27. The van der Waals surface area contributed by atoms with Gasteiger partial charge < -0.3 is 4.74 Å². The fourth-order valence-electron chi connectivity index (χ4n) is 2.49. The second kappa shape index (κ2) is 6.58. The monoisotopic (exact) mass is 304 g/mol. The van der Waals surface area contributed by atoms with Crippen LogP contribution >= 0.6 is 11.8 Å². The average molecular weight is 304 g/mol. The first-order chi connectivity index (χ1) is 10.2. The van der Waals surface area contributed by atoms with Gasteiger partial charge in [-0.25, -0.2) is 4.68 Å². The van der Waals surface area contributed by atoms with Crippen LogP contribution in [0.25, 0.3) is 0 Å². The molecule has 0 spiro atoms. The molecule has 2 aromatic rings. The zero-order chi connectivity index (χ0) is 14.7. The van der Waals surface area contributed by atoms with Crippen LogP contribution in [-0.2, 0) is 17.0 Å². The summed E-state index contributed by atoms with van der Waals surface area (Å²) in [6.45, 7) is 5.87. The lowest BCUT2D eigenvalue weighted by molar-refractivity contribution is 0.0912. The summed E-state index contributed by atoms with van der Waals surface area (Å²) in [4.78, 5) is 0. The van der Waals surface area contributed by atoms with Crippen molar-refractivity contribution in [2.24, 2.45) is 0 Å². The Morgan fingerprint density at radius 2 is 2.29 bits per heavy atom. The molecule has 1 fully saturated rings. The van der Waals surface area contributed by atoms with Crippen molar-refractivity contribution >= 4 is 11.8 Å². The fourth-order valence-corrected chi connectivity index (χ4v) is 3.44. The Morgan fingerprint density at radius 3 is 3.10 bits per heavy atom. The van der Waals surface area contributed by atoms with Crippen molar-refractivity contribution in [1.29, 1.82) is 0 Å². The molecule has 3 rings (SSSR count). The van der Waals surface area contributed by atoms with E-state index in [1.54, 1.807) is 11.8 Å². The smallest absolute Gasteiger partial charge is 0.209 e. The standard InChI is InChI=1S/C15H20N4OS/c1-11-5-6-12(2)13(8-11)10-21-15-16-17-18-19(15)9-14-4-3-7-20-14/h5-6,8,14H,3-4,7,9-10H2,1-2H3. The van der Waals surface area contributed by atoms with E-state index in [1.807, 2.05) is 4.68 Å². The van der Waals surface area contributed by atoms with Gasteiger partial charge >= 0.3 is 0 Å². The summed E-state index contributed by atoms with van der Waals surface area (Å²) in [5.74, 6) is 0.888. The van der Waals surface area contributed by atoms with Crippen LogP contribution in [0.4, 0.5) is 0 Å². The molecule has 5 nitrogen and oxygen atoms in total. The van der Waals surface area contributed by atoms with Gasteiger partial charge in [-0.3, -0.25) is 0 Å². The fraction of sp³-hybridized carbons (Fsp3) is 0.533. The molecule has 1 aromatic heterocycles. The van der Waals surface area contributed by atoms with Crippen molar-refractivity contribution in [2.45, 2.75) is 50.2 Å². The Balaban J connectivity index is 1.65. The molecule has 6 heteroatoms. The number of thioether (sulfide) groups is 1. The normalized spacial score (nSPS) is 18.3. The van der Waals surface area contributed by atoms with E-state index in [2.05, 4.69) is 47.6 Å². The van der Waals surface area contributed by atoms with E-state index >= 15 is 0 Å². The third-order valence-electron chi connectivity index (χ3n) is 3.76. The summed E-state index contributed by atoms with van der Waals surface area (Å²) in [5.41, 5.74) is 3.94. The second-order valence-corrected chi connectivity index (χ2v) is 6.44. The molecular formula is C15H20N4OS. The van der Waals surface area contributed by atoms with Gasteiger partial charge in [0, 0.05) is 12.4 Å². The number of aromatic nitrogens is 4. The van der Waals surface area contributed by atoms with E-state index < -0.39 is 0 Å². The van der Waals surface area contributed by atoms with E-state index in [0.29, 0.717) is 0 Å². The average Bonchev–Trinajstić information content (AvgIpc) is 3.12. The first kappa shape index (κ1) is 14.5. The summed E-state index contributed by atoms with van der Waals surface area (Å²) in [6, 6.07) is 6.54. The van der Waals surface area contributed by atoms with Gasteiger partial charge in [0.05, 0.1) is 12.6 Å². The van der Waals surface area contributed by atoms with Crippen LogP contribution in [0.3, 0.4) is 0 Å². The van der Waals surface area contributed by atoms with Crippen molar-refractivity contribution in [1.82, 2.24) is 20.2 Å². The quantitative estimate of drug-likeness (QED) is 0.795. The number of tetrazole rings is 1. The molecule has 0 radical (unpaired) electrons. The topological polar surface area (TPSA) is 52.8 Å². The third-order valence-corrected chi connectivity index (χ3v) is 4.77. The Labute approximate surface area is 129 Å². The van der Waals surface area contributed by atoms with Crippen LogP contribution in [0.15, 0.2) is 23.4 Å². The van der Waals surface area contributed by atoms with Gasteiger partial charge in [-0.1, -0.05) is 35.5 Å². The molecule has 1 saturated heterocycles. The lowest BCUT2D eigenvalue weighted by Crippen LogP contribution is -2.16. The van der Waals surface area contributed by atoms with E-state index in [1.165, 1.54) is 16.7 Å². The SMILES string of the molecule is Cc1ccc(C)c(CSc2nnnn2CC2CCCO2)c1. The molecular weight excluding hydrogens is 284 g/mol. The highest BCUT2D eigenvalue weighted by Gasteiger charge is 2.19. The maximum atomic E-state index is 5.65. The molecule has 1 aliphatic heterocycles. The molecule has 1 aliphatic rings. The van der Waals surface area contributed by atoms with Gasteiger partial charge in [0.15, 0.2) is 0 Å². The van der Waals surface area contributed by atoms with Crippen molar-refractivity contribution < 1.29 is 4.74 Å². The number of hydrogen-bond acceptors (Lipinski definition) is 5. The van der Waals surface area contributed by atoms with Crippen molar-refractivity contribution in [3.05, 3.63) is 34.9 Å². The molecule has 0 N–H and O–H groups in total. The van der Waals surface area contributed by atoms with Gasteiger partial charge in [-0.05, 0) is 48.2 Å². The van der Waals surface area contributed by atoms with E-state index in [-0.39, 0.29) is 6.10 Å². The number of benzene rings is 1. The van der Waals surface area contributed by atoms with Gasteiger partial charge in [0.2, 0.25) is 5.16 Å². The lowest BCUT2D eigenvalue weighted by Gasteiger charge is -2.10. The highest BCUT2D eigenvalue weighted by molar-refractivity contribution is 7.98. The predicted molar refractivity (Wildman–Crippen MR) is 82.3 cm³/mol. The Kier molecular flexibility index (Phi) is 4.55. The van der Waals surface area contributed by atoms with Gasteiger partial charge in [0.1, 0.15) is 0 Å². The number of aryl methyl sites for hydroxylation is 2. The minimum absolute atomic E-state index is 0.258. The van der Waals surface area contributed by atoms with Crippen molar-refractivity contribution in [2.75, 3.05) is 6.61 Å². The minimum Gasteiger partial charge on any atom is -0.376 e. The summed E-state index contributed by atoms with van der Waals surface area (Å²) in [6.07, 6.45) is 2.49.